The van der Waals surface area contributed by atoms with Crippen molar-refractivity contribution in [2.75, 3.05) is 0 Å². The number of hydrogen-bond donors (Lipinski definition) is 1. The molecule has 2 aliphatic rings. The highest BCUT2D eigenvalue weighted by Crippen LogP contribution is 2.65. The predicted octanol–water partition coefficient (Wildman–Crippen LogP) is 2.04. The van der Waals surface area contributed by atoms with E-state index in [-0.39, 0.29) is 11.9 Å². The molecular weight excluding hydrogens is 294 g/mol. The van der Waals surface area contributed by atoms with Crippen LogP contribution >= 0.6 is 0 Å². The Morgan fingerprint density at radius 2 is 2.04 bits per heavy atom. The van der Waals surface area contributed by atoms with Crippen LogP contribution in [0.5, 0.6) is 0 Å². The van der Waals surface area contributed by atoms with E-state index in [0.29, 0.717) is 24.2 Å². The van der Waals surface area contributed by atoms with Gasteiger partial charge in [-0.2, -0.15) is 5.10 Å². The van der Waals surface area contributed by atoms with Gasteiger partial charge in [0.15, 0.2) is 5.60 Å². The zero-order valence-electron chi connectivity index (χ0n) is 13.8. The number of hydrazone groups is 1. The number of nitrogens with one attached hydrogen (secondary N) is 1. The maximum absolute atomic E-state index is 12.7. The van der Waals surface area contributed by atoms with E-state index in [1.165, 1.54) is 0 Å². The van der Waals surface area contributed by atoms with E-state index >= 15 is 0 Å². The van der Waals surface area contributed by atoms with E-state index in [1.807, 2.05) is 39.0 Å². The predicted molar refractivity (Wildman–Crippen MR) is 84.5 cm³/mol. The number of aromatic nitrogens is 1. The molecule has 6 nitrogen and oxygen atoms in total. The van der Waals surface area contributed by atoms with Crippen LogP contribution in [0.4, 0.5) is 0 Å². The highest BCUT2D eigenvalue weighted by atomic mass is 16.6. The molecule has 1 N–H and O–H groups in total. The van der Waals surface area contributed by atoms with E-state index in [2.05, 4.69) is 15.5 Å². The van der Waals surface area contributed by atoms with Gasteiger partial charge in [-0.15, -0.1) is 0 Å². The van der Waals surface area contributed by atoms with Crippen molar-refractivity contribution in [1.82, 2.24) is 10.4 Å². The summed E-state index contributed by atoms with van der Waals surface area (Å²) in [6.45, 7) is 7.48. The minimum Gasteiger partial charge on any atom is -0.448 e. The molecule has 2 unspecified atom stereocenters. The van der Waals surface area contributed by atoms with Gasteiger partial charge in [0.1, 0.15) is 0 Å². The summed E-state index contributed by atoms with van der Waals surface area (Å²) < 4.78 is 5.53. The monoisotopic (exact) mass is 315 g/mol. The SMILES string of the molecule is C/C(=N\NC(=O)C12CCC(C)(C(=O)O1)C2(C)C)c1ccccn1. The zero-order valence-corrected chi connectivity index (χ0v) is 13.8. The molecule has 6 heteroatoms. The Kier molecular flexibility index (Phi) is 3.32. The summed E-state index contributed by atoms with van der Waals surface area (Å²) in [5.41, 5.74) is 1.51. The number of carbonyl (C=O) groups excluding carboxylic acids is 2. The molecule has 0 radical (unpaired) electrons. The van der Waals surface area contributed by atoms with Gasteiger partial charge in [-0.05, 0) is 38.8 Å². The summed E-state index contributed by atoms with van der Waals surface area (Å²) in [6, 6.07) is 5.48. The van der Waals surface area contributed by atoms with Crippen molar-refractivity contribution in [2.24, 2.45) is 15.9 Å². The summed E-state index contributed by atoms with van der Waals surface area (Å²) in [5, 5.41) is 4.13. The largest absolute Gasteiger partial charge is 0.448 e. The second-order valence-corrected chi connectivity index (χ2v) is 7.03. The smallest absolute Gasteiger partial charge is 0.313 e. The number of rotatable bonds is 3. The average Bonchev–Trinajstić information content (AvgIpc) is 2.83. The fourth-order valence-electron chi connectivity index (χ4n) is 3.61. The number of nitrogens with zero attached hydrogens (tertiary/aromatic N) is 2. The molecule has 0 spiro atoms. The number of fused-ring (bicyclic) bond motifs is 2. The minimum atomic E-state index is -1.15. The van der Waals surface area contributed by atoms with E-state index in [0.717, 1.165) is 0 Å². The summed E-state index contributed by atoms with van der Waals surface area (Å²) >= 11 is 0. The molecule has 1 amide bonds. The van der Waals surface area contributed by atoms with Crippen LogP contribution in [0, 0.1) is 10.8 Å². The summed E-state index contributed by atoms with van der Waals surface area (Å²) in [4.78, 5) is 29.1. The molecule has 0 aromatic carbocycles. The lowest BCUT2D eigenvalue weighted by atomic mass is 9.66. The second-order valence-electron chi connectivity index (χ2n) is 7.03. The lowest BCUT2D eigenvalue weighted by molar-refractivity contribution is -0.168. The van der Waals surface area contributed by atoms with Gasteiger partial charge in [0.2, 0.25) is 0 Å². The zero-order chi connectivity index (χ0) is 16.9. The minimum absolute atomic E-state index is 0.297. The van der Waals surface area contributed by atoms with Crippen molar-refractivity contribution in [1.29, 1.82) is 0 Å². The molecule has 1 aliphatic carbocycles. The topological polar surface area (TPSA) is 80.7 Å². The van der Waals surface area contributed by atoms with Crippen LogP contribution in [0.3, 0.4) is 0 Å². The Bertz CT molecular complexity index is 698. The Balaban J connectivity index is 1.83. The first kappa shape index (κ1) is 15.6. The highest BCUT2D eigenvalue weighted by Gasteiger charge is 2.75. The molecule has 1 saturated carbocycles. The summed E-state index contributed by atoms with van der Waals surface area (Å²) in [6.07, 6.45) is 2.83. The molecule has 2 heterocycles. The molecular formula is C17H21N3O3. The Morgan fingerprint density at radius 1 is 1.30 bits per heavy atom. The fourth-order valence-corrected chi connectivity index (χ4v) is 3.61. The van der Waals surface area contributed by atoms with Crippen LogP contribution < -0.4 is 5.43 Å². The van der Waals surface area contributed by atoms with Crippen LogP contribution in [0.1, 0.15) is 46.2 Å². The van der Waals surface area contributed by atoms with Gasteiger partial charge in [0, 0.05) is 11.6 Å². The number of hydrogen-bond acceptors (Lipinski definition) is 5. The molecule has 2 bridgehead atoms. The highest BCUT2D eigenvalue weighted by molar-refractivity contribution is 5.99. The van der Waals surface area contributed by atoms with Crippen molar-refractivity contribution in [2.45, 2.75) is 46.1 Å². The Hall–Kier alpha value is -2.24. The molecule has 1 saturated heterocycles. The van der Waals surface area contributed by atoms with Gasteiger partial charge in [-0.25, -0.2) is 5.43 Å². The normalized spacial score (nSPS) is 31.8. The van der Waals surface area contributed by atoms with Crippen LogP contribution in [-0.4, -0.2) is 28.2 Å². The van der Waals surface area contributed by atoms with Crippen molar-refractivity contribution >= 4 is 17.6 Å². The van der Waals surface area contributed by atoms with E-state index in [9.17, 15) is 9.59 Å². The van der Waals surface area contributed by atoms with Crippen LogP contribution in [0.15, 0.2) is 29.5 Å². The van der Waals surface area contributed by atoms with Crippen molar-refractivity contribution in [3.63, 3.8) is 0 Å². The Labute approximate surface area is 135 Å². The third kappa shape index (κ3) is 1.93. The molecule has 1 aromatic heterocycles. The van der Waals surface area contributed by atoms with Crippen LogP contribution in [-0.2, 0) is 14.3 Å². The van der Waals surface area contributed by atoms with Gasteiger partial charge in [-0.1, -0.05) is 19.9 Å². The number of esters is 1. The van der Waals surface area contributed by atoms with Gasteiger partial charge in [-0.3, -0.25) is 14.6 Å². The van der Waals surface area contributed by atoms with Crippen LogP contribution in [0.25, 0.3) is 0 Å². The van der Waals surface area contributed by atoms with Gasteiger partial charge >= 0.3 is 5.97 Å². The van der Waals surface area contributed by atoms with Crippen molar-refractivity contribution < 1.29 is 14.3 Å². The summed E-state index contributed by atoms with van der Waals surface area (Å²) in [7, 11) is 0. The molecule has 2 fully saturated rings. The average molecular weight is 315 g/mol. The number of carbonyl (C=O) groups is 2. The standard InChI is InChI=1S/C17H21N3O3/c1-11(12-7-5-6-10-18-12)19-20-13(21)17-9-8-16(4,14(22)23-17)15(17,2)3/h5-7,10H,8-9H2,1-4H3,(H,20,21)/b19-11+. The van der Waals surface area contributed by atoms with Gasteiger partial charge in [0.25, 0.3) is 5.91 Å². The van der Waals surface area contributed by atoms with E-state index in [4.69, 9.17) is 4.74 Å². The lowest BCUT2D eigenvalue weighted by Gasteiger charge is -2.34. The second kappa shape index (κ2) is 4.88. The van der Waals surface area contributed by atoms with Crippen molar-refractivity contribution in [3.8, 4) is 0 Å². The molecule has 1 aromatic rings. The first-order valence-corrected chi connectivity index (χ1v) is 7.74. The van der Waals surface area contributed by atoms with E-state index in [1.54, 1.807) is 13.1 Å². The van der Waals surface area contributed by atoms with E-state index < -0.39 is 16.4 Å². The molecule has 122 valence electrons. The lowest BCUT2D eigenvalue weighted by Crippen LogP contribution is -2.52. The van der Waals surface area contributed by atoms with Crippen molar-refractivity contribution in [3.05, 3.63) is 30.1 Å². The summed E-state index contributed by atoms with van der Waals surface area (Å²) in [5.74, 6) is -0.665. The number of ether oxygens (including phenoxy) is 1. The van der Waals surface area contributed by atoms with Gasteiger partial charge in [0.05, 0.1) is 16.8 Å². The molecule has 23 heavy (non-hydrogen) atoms. The quantitative estimate of drug-likeness (QED) is 0.526. The number of pyridine rings is 1. The van der Waals surface area contributed by atoms with Crippen LogP contribution in [0.2, 0.25) is 0 Å². The molecule has 1 aliphatic heterocycles. The maximum Gasteiger partial charge on any atom is 0.313 e. The first-order chi connectivity index (χ1) is 10.7. The van der Waals surface area contributed by atoms with Gasteiger partial charge < -0.3 is 4.74 Å². The fraction of sp³-hybridized carbons (Fsp3) is 0.529. The maximum atomic E-state index is 12.7. The first-order valence-electron chi connectivity index (χ1n) is 7.74. The third-order valence-corrected chi connectivity index (χ3v) is 5.81. The number of amides is 1. The third-order valence-electron chi connectivity index (χ3n) is 5.81. The molecule has 3 rings (SSSR count). The molecule has 2 atom stereocenters. The Morgan fingerprint density at radius 3 is 2.57 bits per heavy atom.